The van der Waals surface area contributed by atoms with Gasteiger partial charge in [-0.25, -0.2) is 8.42 Å². The molecule has 2 aromatic rings. The van der Waals surface area contributed by atoms with Gasteiger partial charge >= 0.3 is 0 Å². The molecule has 2 atom stereocenters. The van der Waals surface area contributed by atoms with Gasteiger partial charge in [-0.05, 0) is 41.7 Å². The van der Waals surface area contributed by atoms with Crippen LogP contribution in [0.4, 0.5) is 0 Å². The number of sulfone groups is 1. The Bertz CT molecular complexity index is 765. The summed E-state index contributed by atoms with van der Waals surface area (Å²) in [4.78, 5) is 0. The Labute approximate surface area is 125 Å². The molecule has 2 aromatic carbocycles. The third-order valence-corrected chi connectivity index (χ3v) is 6.74. The lowest BCUT2D eigenvalue weighted by atomic mass is 9.92. The van der Waals surface area contributed by atoms with E-state index in [1.165, 1.54) is 0 Å². The molecule has 0 aromatic heterocycles. The van der Waals surface area contributed by atoms with E-state index in [9.17, 15) is 13.5 Å². The number of aliphatic hydroxyl groups excluding tert-OH is 1. The van der Waals surface area contributed by atoms with Crippen LogP contribution in [-0.4, -0.2) is 24.5 Å². The van der Waals surface area contributed by atoms with E-state index in [0.29, 0.717) is 12.8 Å². The van der Waals surface area contributed by atoms with E-state index in [-0.39, 0.29) is 5.75 Å². The molecular weight excluding hydrogens is 284 g/mol. The van der Waals surface area contributed by atoms with E-state index < -0.39 is 21.2 Å². The monoisotopic (exact) mass is 304 g/mol. The lowest BCUT2D eigenvalue weighted by Crippen LogP contribution is -2.34. The average Bonchev–Trinajstić information content (AvgIpc) is 2.46. The fourth-order valence-corrected chi connectivity index (χ4v) is 5.28. The van der Waals surface area contributed by atoms with Crippen molar-refractivity contribution in [2.24, 2.45) is 0 Å². The van der Waals surface area contributed by atoms with Crippen molar-refractivity contribution >= 4 is 20.6 Å². The summed E-state index contributed by atoms with van der Waals surface area (Å²) < 4.78 is 24.6. The highest BCUT2D eigenvalue weighted by Gasteiger charge is 2.36. The molecule has 112 valence electrons. The molecule has 1 aliphatic rings. The topological polar surface area (TPSA) is 54.4 Å². The maximum atomic E-state index is 12.3. The van der Waals surface area contributed by atoms with Crippen LogP contribution in [0.3, 0.4) is 0 Å². The van der Waals surface area contributed by atoms with Crippen LogP contribution in [-0.2, 0) is 9.84 Å². The molecule has 1 N–H and O–H groups in total. The van der Waals surface area contributed by atoms with Crippen LogP contribution in [0.5, 0.6) is 0 Å². The van der Waals surface area contributed by atoms with E-state index >= 15 is 0 Å². The Kier molecular flexibility index (Phi) is 3.76. The van der Waals surface area contributed by atoms with Gasteiger partial charge in [0.1, 0.15) is 0 Å². The Balaban J connectivity index is 2.13. The Morgan fingerprint density at radius 1 is 1.14 bits per heavy atom. The molecule has 1 fully saturated rings. The number of aliphatic hydroxyl groups is 1. The van der Waals surface area contributed by atoms with E-state index in [0.717, 1.165) is 28.3 Å². The molecule has 21 heavy (non-hydrogen) atoms. The van der Waals surface area contributed by atoms with Crippen LogP contribution in [0.1, 0.15) is 36.5 Å². The van der Waals surface area contributed by atoms with Crippen molar-refractivity contribution in [1.29, 1.82) is 0 Å². The zero-order chi connectivity index (χ0) is 15.0. The van der Waals surface area contributed by atoms with Gasteiger partial charge in [-0.3, -0.25) is 0 Å². The minimum absolute atomic E-state index is 0.193. The molecular formula is C17H20O3S. The van der Waals surface area contributed by atoms with Gasteiger partial charge in [0, 0.05) is 0 Å². The van der Waals surface area contributed by atoms with Crippen molar-refractivity contribution in [3.05, 3.63) is 47.5 Å². The van der Waals surface area contributed by atoms with Crippen LogP contribution >= 0.6 is 0 Å². The zero-order valence-electron chi connectivity index (χ0n) is 12.1. The highest BCUT2D eigenvalue weighted by Crippen LogP contribution is 2.35. The summed E-state index contributed by atoms with van der Waals surface area (Å²) in [7, 11) is -3.21. The molecule has 0 bridgehead atoms. The molecule has 0 radical (unpaired) electrons. The SMILES string of the molecule is Cc1ccc2ccccc2c1C(O)C1CCCCS1(=O)=O. The number of hydrogen-bond acceptors (Lipinski definition) is 3. The first-order valence-electron chi connectivity index (χ1n) is 7.38. The molecule has 0 amide bonds. The van der Waals surface area contributed by atoms with Gasteiger partial charge in [-0.2, -0.15) is 0 Å². The Morgan fingerprint density at radius 2 is 1.90 bits per heavy atom. The van der Waals surface area contributed by atoms with Crippen molar-refractivity contribution in [1.82, 2.24) is 0 Å². The molecule has 4 heteroatoms. The van der Waals surface area contributed by atoms with Crippen molar-refractivity contribution in [2.75, 3.05) is 5.75 Å². The molecule has 3 nitrogen and oxygen atoms in total. The fraction of sp³-hybridized carbons (Fsp3) is 0.412. The third-order valence-electron chi connectivity index (χ3n) is 4.47. The van der Waals surface area contributed by atoms with Gasteiger partial charge in [0.05, 0.1) is 17.1 Å². The summed E-state index contributed by atoms with van der Waals surface area (Å²) >= 11 is 0. The van der Waals surface area contributed by atoms with Gasteiger partial charge in [-0.1, -0.05) is 42.8 Å². The van der Waals surface area contributed by atoms with Crippen molar-refractivity contribution in [3.63, 3.8) is 0 Å². The summed E-state index contributed by atoms with van der Waals surface area (Å²) in [5.41, 5.74) is 1.71. The van der Waals surface area contributed by atoms with Gasteiger partial charge in [0.25, 0.3) is 0 Å². The van der Waals surface area contributed by atoms with Crippen LogP contribution in [0.15, 0.2) is 36.4 Å². The predicted molar refractivity (Wildman–Crippen MR) is 85.1 cm³/mol. The molecule has 0 spiro atoms. The summed E-state index contributed by atoms with van der Waals surface area (Å²) in [5, 5.41) is 12.1. The maximum Gasteiger partial charge on any atom is 0.156 e. The van der Waals surface area contributed by atoms with Crippen molar-refractivity contribution in [2.45, 2.75) is 37.5 Å². The second-order valence-corrected chi connectivity index (χ2v) is 8.20. The first kappa shape index (κ1) is 14.5. The van der Waals surface area contributed by atoms with Gasteiger partial charge in [0.15, 0.2) is 9.84 Å². The molecule has 1 heterocycles. The van der Waals surface area contributed by atoms with Crippen LogP contribution in [0, 0.1) is 6.92 Å². The second kappa shape index (κ2) is 5.43. The van der Waals surface area contributed by atoms with E-state index in [1.54, 1.807) is 0 Å². The highest BCUT2D eigenvalue weighted by molar-refractivity contribution is 7.92. The van der Waals surface area contributed by atoms with E-state index in [1.807, 2.05) is 43.3 Å². The van der Waals surface area contributed by atoms with Crippen molar-refractivity contribution < 1.29 is 13.5 Å². The predicted octanol–water partition coefficient (Wildman–Crippen LogP) is 3.15. The second-order valence-electron chi connectivity index (χ2n) is 5.86. The largest absolute Gasteiger partial charge is 0.387 e. The lowest BCUT2D eigenvalue weighted by Gasteiger charge is -2.28. The Morgan fingerprint density at radius 3 is 2.67 bits per heavy atom. The number of fused-ring (bicyclic) bond motifs is 1. The summed E-state index contributed by atoms with van der Waals surface area (Å²) in [6.07, 6.45) is 1.18. The van der Waals surface area contributed by atoms with E-state index in [4.69, 9.17) is 0 Å². The molecule has 1 aliphatic heterocycles. The van der Waals surface area contributed by atoms with Crippen LogP contribution in [0.2, 0.25) is 0 Å². The summed E-state index contributed by atoms with van der Waals surface area (Å²) in [6.45, 7) is 1.93. The number of hydrogen-bond donors (Lipinski definition) is 1. The fourth-order valence-electron chi connectivity index (χ4n) is 3.32. The van der Waals surface area contributed by atoms with Crippen LogP contribution in [0.25, 0.3) is 10.8 Å². The van der Waals surface area contributed by atoms with Gasteiger partial charge in [-0.15, -0.1) is 0 Å². The smallest absolute Gasteiger partial charge is 0.156 e. The van der Waals surface area contributed by atoms with Crippen molar-refractivity contribution in [3.8, 4) is 0 Å². The number of benzene rings is 2. The number of aryl methyl sites for hydroxylation is 1. The first-order chi connectivity index (χ1) is 10.0. The molecule has 3 rings (SSSR count). The summed E-state index contributed by atoms with van der Waals surface area (Å²) in [5.74, 6) is 0.193. The van der Waals surface area contributed by atoms with Gasteiger partial charge in [0.2, 0.25) is 0 Å². The molecule has 0 aliphatic carbocycles. The highest BCUT2D eigenvalue weighted by atomic mass is 32.2. The van der Waals surface area contributed by atoms with Gasteiger partial charge < -0.3 is 5.11 Å². The number of rotatable bonds is 2. The maximum absolute atomic E-state index is 12.3. The van der Waals surface area contributed by atoms with Crippen LogP contribution < -0.4 is 0 Å². The molecule has 2 unspecified atom stereocenters. The first-order valence-corrected chi connectivity index (χ1v) is 9.10. The minimum atomic E-state index is -3.21. The minimum Gasteiger partial charge on any atom is -0.387 e. The third kappa shape index (κ3) is 2.58. The Hall–Kier alpha value is -1.39. The summed E-state index contributed by atoms with van der Waals surface area (Å²) in [6, 6.07) is 11.8. The quantitative estimate of drug-likeness (QED) is 0.927. The zero-order valence-corrected chi connectivity index (χ0v) is 12.9. The standard InChI is InChI=1S/C17H20O3S/c1-12-9-10-13-6-2-3-7-14(13)16(12)17(18)15-8-4-5-11-21(15,19)20/h2-3,6-7,9-10,15,17-18H,4-5,8,11H2,1H3. The molecule has 0 saturated carbocycles. The normalized spacial score (nSPS) is 23.0. The van der Waals surface area contributed by atoms with E-state index in [2.05, 4.69) is 0 Å². The lowest BCUT2D eigenvalue weighted by molar-refractivity contribution is 0.165. The molecule has 1 saturated heterocycles. The average molecular weight is 304 g/mol.